The van der Waals surface area contributed by atoms with Gasteiger partial charge in [-0.15, -0.1) is 22.7 Å². The first kappa shape index (κ1) is 67.2. The van der Waals surface area contributed by atoms with Crippen molar-refractivity contribution in [1.29, 1.82) is 0 Å². The molecule has 30 heteroatoms. The highest BCUT2D eigenvalue weighted by atomic mass is 32.1. The van der Waals surface area contributed by atoms with Crippen molar-refractivity contribution < 1.29 is 43.8 Å². The smallest absolute Gasteiger partial charge is 0.271 e. The number of anilines is 1. The number of aromatic nitrogens is 6. The van der Waals surface area contributed by atoms with Crippen molar-refractivity contribution in [3.8, 4) is 10.7 Å². The number of aliphatic hydroxyl groups is 2. The highest BCUT2D eigenvalue weighted by molar-refractivity contribution is 7.14. The number of H-pyrrole nitrogens is 1. The van der Waals surface area contributed by atoms with Gasteiger partial charge in [-0.2, -0.15) is 0 Å². The molecule has 0 radical (unpaired) electrons. The molecule has 0 saturated heterocycles. The van der Waals surface area contributed by atoms with Crippen LogP contribution in [0, 0.1) is 18.8 Å². The standard InChI is InChI=1S/C53H85N19O9S2/c1-29-42(70-47(72-45(29)57)36(23-40(56)74)64-25-34(55)46(58)76)52(81)68-37(22-33-24-61-28-65-33)50(79)67-35(21-32-11-5-4-6-12-32)44(75)30(2)48(77)71-43(31(3)73)51(80)63-20-13-41-66-39(27-82-41)53-69-38(26-83-53)49(78)62-19-10-18-60-16-8-7-15-59-17-9-14-54/h24,26-28,30-32,34-37,43-44,59-60,64,73,75H,4-23,25,54-55H2,1-3H3,(H2,56,74)(H2,58,76)(H,61,65)(H,62,78)(H,63,80)(H,67,79)(H,68,81)(H,71,77)(H2,57,70,72)/t30-,31+,34-,35+,36-,37-,43-,44-/m0/s1. The molecule has 1 fully saturated rings. The molecule has 8 atom stereocenters. The number of nitrogen functional groups attached to an aromatic ring is 1. The van der Waals surface area contributed by atoms with E-state index in [0.717, 1.165) is 84.0 Å². The van der Waals surface area contributed by atoms with Gasteiger partial charge < -0.3 is 86.4 Å². The summed E-state index contributed by atoms with van der Waals surface area (Å²) in [5, 5.41) is 51.1. The number of thiazole rings is 2. The number of aliphatic hydroxyl groups excluding tert-OH is 2. The summed E-state index contributed by atoms with van der Waals surface area (Å²) in [6.07, 6.45) is 8.54. The predicted octanol–water partition coefficient (Wildman–Crippen LogP) is -1.57. The zero-order valence-electron chi connectivity index (χ0n) is 47.5. The summed E-state index contributed by atoms with van der Waals surface area (Å²) >= 11 is 2.65. The van der Waals surface area contributed by atoms with Crippen LogP contribution in [-0.4, -0.2) is 170 Å². The number of hydrogen-bond acceptors (Lipinski definition) is 22. The number of imidazole rings is 1. The van der Waals surface area contributed by atoms with E-state index >= 15 is 0 Å². The van der Waals surface area contributed by atoms with Gasteiger partial charge in [0.25, 0.3) is 11.8 Å². The Morgan fingerprint density at radius 3 is 2.17 bits per heavy atom. The van der Waals surface area contributed by atoms with Gasteiger partial charge in [-0.25, -0.2) is 24.9 Å². The summed E-state index contributed by atoms with van der Waals surface area (Å²) in [7, 11) is 0. The van der Waals surface area contributed by atoms with Gasteiger partial charge in [-0.1, -0.05) is 39.0 Å². The number of nitrogens with one attached hydrogen (secondary N) is 9. The number of unbranched alkanes of at least 4 members (excludes halogenated alkanes) is 1. The Bertz CT molecular complexity index is 2700. The molecular weight excluding hydrogens is 1110 g/mol. The lowest BCUT2D eigenvalue weighted by molar-refractivity contribution is -0.136. The van der Waals surface area contributed by atoms with Gasteiger partial charge >= 0.3 is 0 Å². The molecular formula is C53H85N19O9S2. The summed E-state index contributed by atoms with van der Waals surface area (Å²) in [4.78, 5) is 118. The molecule has 458 valence electrons. The van der Waals surface area contributed by atoms with E-state index in [-0.39, 0.29) is 67.1 Å². The molecule has 0 spiro atoms. The Morgan fingerprint density at radius 2 is 1.51 bits per heavy atom. The normalized spacial score (nSPS) is 15.7. The molecule has 21 N–H and O–H groups in total. The molecule has 4 heterocycles. The van der Waals surface area contributed by atoms with E-state index in [1.807, 2.05) is 5.38 Å². The lowest BCUT2D eigenvalue weighted by Crippen LogP contribution is -2.58. The molecule has 83 heavy (non-hydrogen) atoms. The average Bonchev–Trinajstić information content (AvgIpc) is 4.40. The number of rotatable bonds is 38. The van der Waals surface area contributed by atoms with Crippen LogP contribution in [-0.2, 0) is 36.8 Å². The number of primary amides is 2. The monoisotopic (exact) mass is 1200 g/mol. The van der Waals surface area contributed by atoms with Crippen molar-refractivity contribution in [3.63, 3.8) is 0 Å². The molecule has 0 aromatic carbocycles. The van der Waals surface area contributed by atoms with Crippen LogP contribution in [0.1, 0.15) is 134 Å². The minimum atomic E-state index is -1.51. The summed E-state index contributed by atoms with van der Waals surface area (Å²) in [5.74, 6) is -6.28. The number of nitrogens with two attached hydrogens (primary N) is 5. The molecule has 4 aromatic rings. The van der Waals surface area contributed by atoms with E-state index in [1.165, 1.54) is 56.0 Å². The lowest BCUT2D eigenvalue weighted by atomic mass is 9.81. The van der Waals surface area contributed by atoms with Crippen molar-refractivity contribution in [2.75, 3.05) is 58.1 Å². The fraction of sp³-hybridized carbons (Fsp3) is 0.623. The minimum Gasteiger partial charge on any atom is -0.391 e. The second kappa shape index (κ2) is 34.8. The zero-order chi connectivity index (χ0) is 60.4. The fourth-order valence-corrected chi connectivity index (χ4v) is 10.9. The molecule has 1 saturated carbocycles. The molecule has 1 aliphatic rings. The first-order valence-electron chi connectivity index (χ1n) is 28.3. The third kappa shape index (κ3) is 22.1. The van der Waals surface area contributed by atoms with E-state index in [2.05, 4.69) is 72.4 Å². The van der Waals surface area contributed by atoms with Crippen molar-refractivity contribution in [3.05, 3.63) is 56.8 Å². The number of aromatic amines is 1. The van der Waals surface area contributed by atoms with Crippen LogP contribution in [0.15, 0.2) is 23.3 Å². The first-order chi connectivity index (χ1) is 39.8. The second-order valence-electron chi connectivity index (χ2n) is 20.9. The van der Waals surface area contributed by atoms with Gasteiger partial charge in [0.2, 0.25) is 29.5 Å². The number of amides is 7. The van der Waals surface area contributed by atoms with Crippen LogP contribution in [0.2, 0.25) is 0 Å². The Morgan fingerprint density at radius 1 is 0.795 bits per heavy atom. The number of carbonyl (C=O) groups is 7. The maximum absolute atomic E-state index is 14.5. The van der Waals surface area contributed by atoms with Gasteiger partial charge in [0, 0.05) is 67.1 Å². The molecule has 7 amide bonds. The van der Waals surface area contributed by atoms with Gasteiger partial charge in [0.1, 0.15) is 45.8 Å². The van der Waals surface area contributed by atoms with Gasteiger partial charge in [0.15, 0.2) is 0 Å². The first-order valence-corrected chi connectivity index (χ1v) is 30.0. The van der Waals surface area contributed by atoms with Crippen LogP contribution in [0.5, 0.6) is 0 Å². The van der Waals surface area contributed by atoms with Gasteiger partial charge in [0.05, 0.1) is 47.6 Å². The Hall–Kier alpha value is -6.64. The van der Waals surface area contributed by atoms with Crippen molar-refractivity contribution in [1.82, 2.24) is 72.4 Å². The lowest BCUT2D eigenvalue weighted by Gasteiger charge is -2.34. The SMILES string of the molecule is Cc1c(N)nc([C@H](CC(N)=O)NC[C@H](N)C(N)=O)nc1C(=O)N[C@@H](Cc1cnc[nH]1)C(=O)N[C@H](CC1CCCCC1)[C@@H](O)[C@H](C)C(=O)N[C@H](C(=O)NCCc1nc(-c2nc(C(=O)NCCCNCCCCNCCCN)cs2)cs1)[C@@H](C)O. The van der Waals surface area contributed by atoms with E-state index in [9.17, 15) is 43.8 Å². The molecule has 5 rings (SSSR count). The van der Waals surface area contributed by atoms with E-state index < -0.39 is 83.8 Å². The molecule has 0 aliphatic heterocycles. The number of carbonyl (C=O) groups excluding carboxylic acids is 7. The maximum atomic E-state index is 14.5. The summed E-state index contributed by atoms with van der Waals surface area (Å²) < 4.78 is 0. The third-order valence-electron chi connectivity index (χ3n) is 14.2. The van der Waals surface area contributed by atoms with Crippen molar-refractivity contribution >= 4 is 69.8 Å². The maximum Gasteiger partial charge on any atom is 0.271 e. The zero-order valence-corrected chi connectivity index (χ0v) is 49.2. The quantitative estimate of drug-likeness (QED) is 0.0226. The van der Waals surface area contributed by atoms with E-state index in [0.29, 0.717) is 46.6 Å². The van der Waals surface area contributed by atoms with Crippen LogP contribution >= 0.6 is 22.7 Å². The topological polar surface area (TPSA) is 467 Å². The van der Waals surface area contributed by atoms with Crippen molar-refractivity contribution in [2.24, 2.45) is 34.8 Å². The number of hydrogen-bond donors (Lipinski definition) is 16. The van der Waals surface area contributed by atoms with Crippen LogP contribution in [0.25, 0.3) is 10.7 Å². The average molecular weight is 1200 g/mol. The highest BCUT2D eigenvalue weighted by Gasteiger charge is 2.37. The van der Waals surface area contributed by atoms with Crippen LogP contribution < -0.4 is 71.2 Å². The fourth-order valence-electron chi connectivity index (χ4n) is 9.25. The number of nitrogens with zero attached hydrogens (tertiary/aromatic N) is 5. The molecule has 1 aliphatic carbocycles. The Balaban J connectivity index is 1.18. The summed E-state index contributed by atoms with van der Waals surface area (Å²) in [6.45, 7) is 9.01. The van der Waals surface area contributed by atoms with Crippen LogP contribution in [0.4, 0.5) is 5.82 Å². The predicted molar refractivity (Wildman–Crippen MR) is 314 cm³/mol. The Labute approximate surface area is 491 Å². The second-order valence-corrected chi connectivity index (χ2v) is 22.7. The third-order valence-corrected chi connectivity index (χ3v) is 16.0. The largest absolute Gasteiger partial charge is 0.391 e. The van der Waals surface area contributed by atoms with Gasteiger partial charge in [-0.05, 0) is 84.6 Å². The molecule has 28 nitrogen and oxygen atoms in total. The van der Waals surface area contributed by atoms with Gasteiger partial charge in [-0.3, -0.25) is 33.6 Å². The van der Waals surface area contributed by atoms with Crippen molar-refractivity contribution in [2.45, 2.75) is 147 Å². The summed E-state index contributed by atoms with van der Waals surface area (Å²) in [5.41, 5.74) is 29.6. The molecule has 0 bridgehead atoms. The van der Waals surface area contributed by atoms with Crippen LogP contribution in [0.3, 0.4) is 0 Å². The Kier molecular flexibility index (Phi) is 28.2. The van der Waals surface area contributed by atoms with E-state index in [1.54, 1.807) is 5.38 Å². The highest BCUT2D eigenvalue weighted by Crippen LogP contribution is 2.30. The minimum absolute atomic E-state index is 0.0725. The molecule has 4 aromatic heterocycles. The summed E-state index contributed by atoms with van der Waals surface area (Å²) in [6, 6.07) is -5.98. The van der Waals surface area contributed by atoms with E-state index in [4.69, 9.17) is 28.7 Å². The molecule has 0 unspecified atom stereocenters.